The SMILES string of the molecule is Cc1ccc(C2(c3ccccc3)c3ccccc3-c3ccc(N(c4ccc(-c5ccccc5)cc4)c4ccc(-c5ccc(N(c6ccc(-c7ccccc7)cc6)c6ccc7ccccc7c6)cc5)cc4)cc32)cc1. The van der Waals surface area contributed by atoms with E-state index in [0.717, 1.165) is 45.3 Å². The molecule has 0 radical (unpaired) electrons. The second kappa shape index (κ2) is 18.9. The summed E-state index contributed by atoms with van der Waals surface area (Å²) in [5.41, 5.74) is 22.0. The van der Waals surface area contributed by atoms with Crippen LogP contribution in [0.3, 0.4) is 0 Å². The van der Waals surface area contributed by atoms with Gasteiger partial charge in [0.05, 0.1) is 5.41 Å². The maximum Gasteiger partial charge on any atom is 0.0714 e. The maximum atomic E-state index is 2.45. The Bertz CT molecular complexity index is 3910. The summed E-state index contributed by atoms with van der Waals surface area (Å²) >= 11 is 0. The lowest BCUT2D eigenvalue weighted by molar-refractivity contribution is 0.768. The summed E-state index contributed by atoms with van der Waals surface area (Å²) in [7, 11) is 0. The molecule has 0 N–H and O–H groups in total. The number of nitrogens with zero attached hydrogens (tertiary/aromatic N) is 2. The topological polar surface area (TPSA) is 6.48 Å². The van der Waals surface area contributed by atoms with Crippen molar-refractivity contribution >= 4 is 44.9 Å². The average Bonchev–Trinajstić information content (AvgIpc) is 3.88. The number of hydrogen-bond donors (Lipinski definition) is 0. The van der Waals surface area contributed by atoms with Gasteiger partial charge in [-0.3, -0.25) is 0 Å². The van der Waals surface area contributed by atoms with Gasteiger partial charge in [0.25, 0.3) is 0 Å². The fourth-order valence-corrected chi connectivity index (χ4v) is 11.4. The average molecular weight is 945 g/mol. The van der Waals surface area contributed by atoms with Crippen LogP contribution in [0.4, 0.5) is 34.1 Å². The molecule has 12 aromatic carbocycles. The molecular formula is C72H52N2. The zero-order valence-corrected chi connectivity index (χ0v) is 41.2. The molecule has 2 heteroatoms. The van der Waals surface area contributed by atoms with Crippen LogP contribution in [0.2, 0.25) is 0 Å². The number of rotatable bonds is 11. The van der Waals surface area contributed by atoms with Gasteiger partial charge in [0.2, 0.25) is 0 Å². The highest BCUT2D eigenvalue weighted by atomic mass is 15.1. The highest BCUT2D eigenvalue weighted by Gasteiger charge is 2.46. The fourth-order valence-electron chi connectivity index (χ4n) is 11.4. The van der Waals surface area contributed by atoms with Crippen molar-refractivity contribution in [3.8, 4) is 44.5 Å². The molecule has 0 saturated heterocycles. The summed E-state index contributed by atoms with van der Waals surface area (Å²) in [6.45, 7) is 2.17. The van der Waals surface area contributed by atoms with Gasteiger partial charge >= 0.3 is 0 Å². The molecule has 0 saturated carbocycles. The van der Waals surface area contributed by atoms with Crippen LogP contribution in [0.25, 0.3) is 55.3 Å². The van der Waals surface area contributed by atoms with Crippen LogP contribution in [0.1, 0.15) is 27.8 Å². The van der Waals surface area contributed by atoms with Gasteiger partial charge in [-0.2, -0.15) is 0 Å². The van der Waals surface area contributed by atoms with Gasteiger partial charge in [-0.25, -0.2) is 0 Å². The second-order valence-corrected chi connectivity index (χ2v) is 19.4. The summed E-state index contributed by atoms with van der Waals surface area (Å²) < 4.78 is 0. The van der Waals surface area contributed by atoms with Gasteiger partial charge in [-0.15, -0.1) is 0 Å². The smallest absolute Gasteiger partial charge is 0.0714 e. The van der Waals surface area contributed by atoms with E-state index < -0.39 is 5.41 Å². The van der Waals surface area contributed by atoms with Crippen LogP contribution in [0.15, 0.2) is 297 Å². The van der Waals surface area contributed by atoms with Crippen LogP contribution < -0.4 is 9.80 Å². The molecule has 0 fully saturated rings. The van der Waals surface area contributed by atoms with Gasteiger partial charge in [-0.1, -0.05) is 230 Å². The van der Waals surface area contributed by atoms with Crippen molar-refractivity contribution in [3.63, 3.8) is 0 Å². The summed E-state index contributed by atoms with van der Waals surface area (Å²) in [6.07, 6.45) is 0. The highest BCUT2D eigenvalue weighted by Crippen LogP contribution is 2.57. The van der Waals surface area contributed by atoms with Crippen molar-refractivity contribution in [2.75, 3.05) is 9.80 Å². The Kier molecular flexibility index (Phi) is 11.4. The van der Waals surface area contributed by atoms with E-state index in [-0.39, 0.29) is 0 Å². The molecule has 12 aromatic rings. The Labute approximate surface area is 434 Å². The zero-order chi connectivity index (χ0) is 49.4. The third-order valence-corrected chi connectivity index (χ3v) is 15.0. The van der Waals surface area contributed by atoms with Gasteiger partial charge in [0.1, 0.15) is 0 Å². The first-order valence-corrected chi connectivity index (χ1v) is 25.6. The third kappa shape index (κ3) is 7.94. The van der Waals surface area contributed by atoms with E-state index in [1.54, 1.807) is 0 Å². The Morgan fingerprint density at radius 2 is 0.608 bits per heavy atom. The molecule has 0 spiro atoms. The quantitative estimate of drug-likeness (QED) is 0.127. The Balaban J connectivity index is 0.896. The minimum atomic E-state index is -0.523. The minimum Gasteiger partial charge on any atom is -0.310 e. The number of aryl methyl sites for hydroxylation is 1. The predicted molar refractivity (Wildman–Crippen MR) is 312 cm³/mol. The number of benzene rings is 12. The van der Waals surface area contributed by atoms with Gasteiger partial charge in [0.15, 0.2) is 0 Å². The number of anilines is 6. The molecule has 0 bridgehead atoms. The van der Waals surface area contributed by atoms with Crippen LogP contribution in [0, 0.1) is 6.92 Å². The second-order valence-electron chi connectivity index (χ2n) is 19.4. The normalized spacial score (nSPS) is 13.5. The van der Waals surface area contributed by atoms with E-state index in [1.807, 2.05) is 0 Å². The maximum absolute atomic E-state index is 2.45. The third-order valence-electron chi connectivity index (χ3n) is 15.0. The van der Waals surface area contributed by atoms with E-state index in [4.69, 9.17) is 0 Å². The van der Waals surface area contributed by atoms with E-state index in [9.17, 15) is 0 Å². The van der Waals surface area contributed by atoms with E-state index in [0.29, 0.717) is 0 Å². The van der Waals surface area contributed by atoms with Crippen molar-refractivity contribution in [1.29, 1.82) is 0 Å². The van der Waals surface area contributed by atoms with E-state index >= 15 is 0 Å². The van der Waals surface area contributed by atoms with Crippen molar-refractivity contribution in [1.82, 2.24) is 0 Å². The molecule has 350 valence electrons. The minimum absolute atomic E-state index is 0.523. The first kappa shape index (κ1) is 44.4. The Hall–Kier alpha value is -9.50. The highest BCUT2D eigenvalue weighted by molar-refractivity contribution is 5.92. The molecule has 13 rings (SSSR count). The first-order valence-electron chi connectivity index (χ1n) is 25.6. The summed E-state index contributed by atoms with van der Waals surface area (Å²) in [5, 5.41) is 2.43. The Morgan fingerprint density at radius 1 is 0.243 bits per heavy atom. The molecule has 1 unspecified atom stereocenters. The molecule has 1 aliphatic rings. The van der Waals surface area contributed by atoms with Crippen LogP contribution >= 0.6 is 0 Å². The lowest BCUT2D eigenvalue weighted by Crippen LogP contribution is -2.28. The molecule has 0 aliphatic heterocycles. The van der Waals surface area contributed by atoms with E-state index in [1.165, 1.54) is 72.0 Å². The molecule has 1 aliphatic carbocycles. The molecule has 2 nitrogen and oxygen atoms in total. The molecule has 0 heterocycles. The Morgan fingerprint density at radius 3 is 1.12 bits per heavy atom. The molecule has 1 atom stereocenters. The van der Waals surface area contributed by atoms with Crippen molar-refractivity contribution in [2.45, 2.75) is 12.3 Å². The predicted octanol–water partition coefficient (Wildman–Crippen LogP) is 19.5. The summed E-state index contributed by atoms with van der Waals surface area (Å²) in [6, 6.07) is 109. The van der Waals surface area contributed by atoms with Gasteiger partial charge < -0.3 is 9.80 Å². The monoisotopic (exact) mass is 944 g/mol. The lowest BCUT2D eigenvalue weighted by atomic mass is 9.67. The van der Waals surface area contributed by atoms with Crippen LogP contribution in [-0.4, -0.2) is 0 Å². The fraction of sp³-hybridized carbons (Fsp3) is 0.0278. The molecule has 0 aromatic heterocycles. The first-order chi connectivity index (χ1) is 36.6. The van der Waals surface area contributed by atoms with Gasteiger partial charge in [-0.05, 0) is 157 Å². The number of hydrogen-bond acceptors (Lipinski definition) is 2. The molecule has 0 amide bonds. The van der Waals surface area contributed by atoms with Crippen molar-refractivity contribution in [2.24, 2.45) is 0 Å². The number of fused-ring (bicyclic) bond motifs is 4. The van der Waals surface area contributed by atoms with Crippen LogP contribution in [0.5, 0.6) is 0 Å². The van der Waals surface area contributed by atoms with E-state index in [2.05, 4.69) is 314 Å². The summed E-state index contributed by atoms with van der Waals surface area (Å²) in [5.74, 6) is 0. The van der Waals surface area contributed by atoms with Crippen LogP contribution in [-0.2, 0) is 5.41 Å². The van der Waals surface area contributed by atoms with Gasteiger partial charge in [0, 0.05) is 34.1 Å². The molecular weight excluding hydrogens is 893 g/mol. The van der Waals surface area contributed by atoms with Crippen molar-refractivity contribution in [3.05, 3.63) is 325 Å². The molecule has 74 heavy (non-hydrogen) atoms. The van der Waals surface area contributed by atoms with Crippen molar-refractivity contribution < 1.29 is 0 Å². The standard InChI is InChI=1S/C72H52N2/c1-51-25-36-61(37-26-51)72(60-21-9-4-10-22-60)70-24-14-13-23-68(70)69-48-47-67(50-71(69)72)74(64-40-29-56(30-41-64)53-17-7-3-8-18-53)65-44-33-58(34-45-65)57-31-42-63(43-32-57)73(66-46-35-54-19-11-12-20-59(54)49-66)62-38-27-55(28-39-62)52-15-5-2-6-16-52/h2-50H,1H3. The largest absolute Gasteiger partial charge is 0.310 e. The zero-order valence-electron chi connectivity index (χ0n) is 41.2. The summed E-state index contributed by atoms with van der Waals surface area (Å²) in [4.78, 5) is 4.77. The lowest BCUT2D eigenvalue weighted by Gasteiger charge is -2.35.